The van der Waals surface area contributed by atoms with Gasteiger partial charge in [-0.05, 0) is 38.8 Å². The molecule has 136 valence electrons. The largest absolute Gasteiger partial charge is 0.367 e. The molecule has 26 heavy (non-hydrogen) atoms. The van der Waals surface area contributed by atoms with Crippen LogP contribution in [0.15, 0.2) is 23.1 Å². The van der Waals surface area contributed by atoms with Crippen molar-refractivity contribution in [2.75, 3.05) is 11.2 Å². The van der Waals surface area contributed by atoms with E-state index >= 15 is 0 Å². The van der Waals surface area contributed by atoms with Crippen molar-refractivity contribution in [3.63, 3.8) is 0 Å². The molecule has 3 aliphatic rings. The fourth-order valence-electron chi connectivity index (χ4n) is 4.75. The molecule has 0 radical (unpaired) electrons. The topological polar surface area (TPSA) is 85.1 Å². The number of benzene rings is 1. The van der Waals surface area contributed by atoms with Gasteiger partial charge in [-0.25, -0.2) is 18.2 Å². The summed E-state index contributed by atoms with van der Waals surface area (Å²) >= 11 is 0. The Labute approximate surface area is 151 Å². The highest BCUT2D eigenvalue weighted by Gasteiger charge is 2.72. The highest BCUT2D eigenvalue weighted by molar-refractivity contribution is 7.90. The summed E-state index contributed by atoms with van der Waals surface area (Å²) in [6, 6.07) is 4.03. The Morgan fingerprint density at radius 2 is 1.69 bits per heavy atom. The van der Waals surface area contributed by atoms with Gasteiger partial charge in [-0.2, -0.15) is 0 Å². The number of fused-ring (bicyclic) bond motifs is 5. The predicted molar refractivity (Wildman–Crippen MR) is 92.4 cm³/mol. The third-order valence-corrected chi connectivity index (χ3v) is 7.05. The molecule has 8 heteroatoms. The van der Waals surface area contributed by atoms with E-state index in [0.717, 1.165) is 11.2 Å². The highest BCUT2D eigenvalue weighted by Crippen LogP contribution is 2.61. The summed E-state index contributed by atoms with van der Waals surface area (Å²) in [7, 11) is -3.67. The first-order valence-corrected chi connectivity index (χ1v) is 10.2. The number of carbonyl (C=O) groups excluding carboxylic acids is 2. The Morgan fingerprint density at radius 1 is 1.15 bits per heavy atom. The molecule has 0 aliphatic carbocycles. The van der Waals surface area contributed by atoms with E-state index in [1.165, 1.54) is 18.2 Å². The van der Waals surface area contributed by atoms with Crippen LogP contribution >= 0.6 is 0 Å². The number of rotatable bonds is 2. The van der Waals surface area contributed by atoms with Crippen molar-refractivity contribution in [3.05, 3.63) is 29.6 Å². The maximum absolute atomic E-state index is 13.1. The molecule has 1 aromatic rings. The SMILES string of the molecule is [C-]#[N+]c1ccc(N2C(=O)[C@@H]3[C@H](C2=O)C2(C)CCC3(C)O2)cc1S(C)(=O)=O. The lowest BCUT2D eigenvalue weighted by atomic mass is 9.69. The molecule has 4 rings (SSSR count). The molecule has 3 saturated heterocycles. The van der Waals surface area contributed by atoms with Gasteiger partial charge in [-0.1, -0.05) is 6.07 Å². The van der Waals surface area contributed by atoms with Gasteiger partial charge in [0.1, 0.15) is 0 Å². The molecule has 7 nitrogen and oxygen atoms in total. The smallest absolute Gasteiger partial charge is 0.240 e. The highest BCUT2D eigenvalue weighted by atomic mass is 32.2. The van der Waals surface area contributed by atoms with Crippen LogP contribution in [0.2, 0.25) is 0 Å². The Bertz CT molecular complexity index is 977. The number of anilines is 1. The number of nitrogens with zero attached hydrogens (tertiary/aromatic N) is 2. The van der Waals surface area contributed by atoms with E-state index in [0.29, 0.717) is 12.8 Å². The Kier molecular flexibility index (Phi) is 3.26. The van der Waals surface area contributed by atoms with Crippen molar-refractivity contribution in [1.29, 1.82) is 0 Å². The van der Waals surface area contributed by atoms with Crippen molar-refractivity contribution >= 4 is 33.0 Å². The van der Waals surface area contributed by atoms with Crippen LogP contribution in [0.5, 0.6) is 0 Å². The molecule has 0 spiro atoms. The molecular formula is C18H18N2O5S. The second-order valence-electron chi connectivity index (χ2n) is 7.73. The number of hydrogen-bond donors (Lipinski definition) is 0. The van der Waals surface area contributed by atoms with Gasteiger partial charge in [0.25, 0.3) is 0 Å². The minimum Gasteiger partial charge on any atom is -0.367 e. The summed E-state index contributed by atoms with van der Waals surface area (Å²) in [6.07, 6.45) is 2.42. The van der Waals surface area contributed by atoms with E-state index in [9.17, 15) is 18.0 Å². The Morgan fingerprint density at radius 3 is 2.15 bits per heavy atom. The van der Waals surface area contributed by atoms with Crippen molar-refractivity contribution in [1.82, 2.24) is 0 Å². The van der Waals surface area contributed by atoms with E-state index in [1.807, 2.05) is 13.8 Å². The number of ether oxygens (including phenoxy) is 1. The molecule has 0 saturated carbocycles. The normalized spacial score (nSPS) is 35.7. The minimum atomic E-state index is -3.67. The molecule has 1 aromatic carbocycles. The average molecular weight is 374 g/mol. The lowest BCUT2D eigenvalue weighted by molar-refractivity contribution is -0.129. The molecule has 3 fully saturated rings. The van der Waals surface area contributed by atoms with E-state index < -0.39 is 32.9 Å². The van der Waals surface area contributed by atoms with Crippen LogP contribution in [0.4, 0.5) is 11.4 Å². The lowest BCUT2D eigenvalue weighted by Crippen LogP contribution is -2.40. The summed E-state index contributed by atoms with van der Waals surface area (Å²) < 4.78 is 30.1. The number of amides is 2. The van der Waals surface area contributed by atoms with Crippen LogP contribution in [0, 0.1) is 18.4 Å². The maximum Gasteiger partial charge on any atom is 0.240 e. The molecule has 2 unspecified atom stereocenters. The molecule has 0 aromatic heterocycles. The van der Waals surface area contributed by atoms with Crippen LogP contribution in [0.1, 0.15) is 26.7 Å². The molecule has 2 bridgehead atoms. The van der Waals surface area contributed by atoms with Crippen LogP contribution in [-0.4, -0.2) is 37.7 Å². The summed E-state index contributed by atoms with van der Waals surface area (Å²) in [5.41, 5.74) is -1.18. The third-order valence-electron chi connectivity index (χ3n) is 5.93. The van der Waals surface area contributed by atoms with Gasteiger partial charge >= 0.3 is 0 Å². The second kappa shape index (κ2) is 4.93. The summed E-state index contributed by atoms with van der Waals surface area (Å²) in [5, 5.41) is 0. The zero-order valence-corrected chi connectivity index (χ0v) is 15.5. The van der Waals surface area contributed by atoms with E-state index in [1.54, 1.807) is 0 Å². The van der Waals surface area contributed by atoms with Gasteiger partial charge in [0.2, 0.25) is 17.5 Å². The minimum absolute atomic E-state index is 0.0298. The zero-order valence-electron chi connectivity index (χ0n) is 14.6. The van der Waals surface area contributed by atoms with Gasteiger partial charge in [0.15, 0.2) is 9.84 Å². The van der Waals surface area contributed by atoms with Gasteiger partial charge < -0.3 is 4.74 Å². The van der Waals surface area contributed by atoms with Crippen LogP contribution in [-0.2, 0) is 24.2 Å². The summed E-state index contributed by atoms with van der Waals surface area (Å²) in [4.78, 5) is 30.2. The number of sulfone groups is 1. The third kappa shape index (κ3) is 2.04. The fraction of sp³-hybridized carbons (Fsp3) is 0.500. The monoisotopic (exact) mass is 374 g/mol. The van der Waals surface area contributed by atoms with Crippen molar-refractivity contribution in [3.8, 4) is 0 Å². The average Bonchev–Trinajstić information content (AvgIpc) is 3.10. The van der Waals surface area contributed by atoms with E-state index in [2.05, 4.69) is 4.85 Å². The lowest BCUT2D eigenvalue weighted by Gasteiger charge is -2.27. The second-order valence-corrected chi connectivity index (χ2v) is 9.71. The molecule has 3 aliphatic heterocycles. The van der Waals surface area contributed by atoms with E-state index in [-0.39, 0.29) is 28.1 Å². The number of hydrogen-bond acceptors (Lipinski definition) is 5. The maximum atomic E-state index is 13.1. The summed E-state index contributed by atoms with van der Waals surface area (Å²) in [5.74, 6) is -1.84. The van der Waals surface area contributed by atoms with E-state index in [4.69, 9.17) is 11.3 Å². The first-order valence-electron chi connectivity index (χ1n) is 8.31. The van der Waals surface area contributed by atoms with Crippen LogP contribution in [0.3, 0.4) is 0 Å². The Balaban J connectivity index is 1.83. The first kappa shape index (κ1) is 17.2. The molecular weight excluding hydrogens is 356 g/mol. The van der Waals surface area contributed by atoms with Gasteiger partial charge in [0, 0.05) is 6.26 Å². The quantitative estimate of drug-likeness (QED) is 0.584. The fourth-order valence-corrected chi connectivity index (χ4v) is 5.58. The Hall–Kier alpha value is -2.24. The van der Waals surface area contributed by atoms with Crippen molar-refractivity contribution in [2.24, 2.45) is 11.8 Å². The number of carbonyl (C=O) groups is 2. The van der Waals surface area contributed by atoms with Gasteiger partial charge in [0.05, 0.1) is 40.2 Å². The molecule has 2 amide bonds. The van der Waals surface area contributed by atoms with Crippen molar-refractivity contribution < 1.29 is 22.7 Å². The van der Waals surface area contributed by atoms with Crippen LogP contribution < -0.4 is 4.90 Å². The predicted octanol–water partition coefficient (Wildman–Crippen LogP) is 2.09. The van der Waals surface area contributed by atoms with Gasteiger partial charge in [-0.15, -0.1) is 0 Å². The van der Waals surface area contributed by atoms with Crippen LogP contribution in [0.25, 0.3) is 4.85 Å². The molecule has 4 atom stereocenters. The zero-order chi connectivity index (χ0) is 19.1. The van der Waals surface area contributed by atoms with Crippen molar-refractivity contribution in [2.45, 2.75) is 42.8 Å². The van der Waals surface area contributed by atoms with Gasteiger partial charge in [-0.3, -0.25) is 9.59 Å². The standard InChI is InChI=1S/C18H18N2O5S/c1-17-7-8-18(2,25-17)14-13(17)15(21)20(16(14)22)10-5-6-11(19-3)12(9-10)26(4,23)24/h5-6,9,13-14H,7-8H2,1-2,4H3/t13-,14+,17?,18?. The first-order chi connectivity index (χ1) is 12.0. The summed E-state index contributed by atoms with van der Waals surface area (Å²) in [6.45, 7) is 10.9. The number of imide groups is 1. The molecule has 3 heterocycles. The molecule has 0 N–H and O–H groups in total.